The topological polar surface area (TPSA) is 82.2 Å². The summed E-state index contributed by atoms with van der Waals surface area (Å²) in [7, 11) is 0. The van der Waals surface area contributed by atoms with Crippen molar-refractivity contribution in [1.29, 1.82) is 0 Å². The maximum atomic E-state index is 12.2. The van der Waals surface area contributed by atoms with Gasteiger partial charge >= 0.3 is 5.97 Å². The minimum Gasteiger partial charge on any atom is -0.478 e. The molecule has 0 aliphatic rings. The smallest absolute Gasteiger partial charge is 0.339 e. The third kappa shape index (κ3) is 2.56. The van der Waals surface area contributed by atoms with E-state index in [1.165, 1.54) is 6.20 Å². The molecule has 0 spiro atoms. The number of carbonyl (C=O) groups is 2. The number of aromatic amines is 1. The number of hydrogen-bond acceptors (Lipinski definition) is 2. The predicted molar refractivity (Wildman–Crippen MR) is 76.4 cm³/mol. The van der Waals surface area contributed by atoms with Crippen LogP contribution in [0.2, 0.25) is 0 Å². The van der Waals surface area contributed by atoms with E-state index in [2.05, 4.69) is 10.3 Å². The number of anilines is 1. The van der Waals surface area contributed by atoms with Gasteiger partial charge in [0.15, 0.2) is 0 Å². The van der Waals surface area contributed by atoms with Crippen molar-refractivity contribution < 1.29 is 14.7 Å². The van der Waals surface area contributed by atoms with Crippen LogP contribution < -0.4 is 5.32 Å². The van der Waals surface area contributed by atoms with Crippen molar-refractivity contribution in [3.8, 4) is 0 Å². The van der Waals surface area contributed by atoms with Gasteiger partial charge in [-0.1, -0.05) is 17.7 Å². The molecule has 0 unspecified atom stereocenters. The molecule has 1 heterocycles. The third-order valence-corrected chi connectivity index (χ3v) is 3.17. The molecule has 0 radical (unpaired) electrons. The highest BCUT2D eigenvalue weighted by Gasteiger charge is 2.18. The van der Waals surface area contributed by atoms with Crippen molar-refractivity contribution in [2.24, 2.45) is 0 Å². The van der Waals surface area contributed by atoms with E-state index in [4.69, 9.17) is 5.11 Å². The molecule has 1 aromatic heterocycles. The first-order valence-corrected chi connectivity index (χ1v) is 6.20. The Bertz CT molecular complexity index is 686. The molecular weight excluding hydrogens is 256 g/mol. The lowest BCUT2D eigenvalue weighted by Crippen LogP contribution is -2.15. The van der Waals surface area contributed by atoms with Gasteiger partial charge in [-0.05, 0) is 32.4 Å². The summed E-state index contributed by atoms with van der Waals surface area (Å²) in [6.45, 7) is 5.45. The van der Waals surface area contributed by atoms with Gasteiger partial charge in [-0.3, -0.25) is 4.79 Å². The quantitative estimate of drug-likeness (QED) is 0.803. The first-order valence-electron chi connectivity index (χ1n) is 6.20. The van der Waals surface area contributed by atoms with Crippen molar-refractivity contribution in [3.63, 3.8) is 0 Å². The summed E-state index contributed by atoms with van der Waals surface area (Å²) in [6, 6.07) is 5.50. The van der Waals surface area contributed by atoms with E-state index in [9.17, 15) is 9.59 Å². The fraction of sp³-hybridized carbons (Fsp3) is 0.200. The fourth-order valence-electron chi connectivity index (χ4n) is 2.16. The van der Waals surface area contributed by atoms with E-state index in [0.717, 1.165) is 11.1 Å². The van der Waals surface area contributed by atoms with E-state index in [0.29, 0.717) is 11.3 Å². The minimum atomic E-state index is -1.07. The van der Waals surface area contributed by atoms with Gasteiger partial charge in [-0.2, -0.15) is 0 Å². The number of aromatic nitrogens is 1. The summed E-state index contributed by atoms with van der Waals surface area (Å²) in [5.41, 5.74) is 3.33. The van der Waals surface area contributed by atoms with Crippen LogP contribution in [0.4, 0.5) is 5.69 Å². The summed E-state index contributed by atoms with van der Waals surface area (Å²) in [6.07, 6.45) is 1.49. The van der Waals surface area contributed by atoms with Crippen molar-refractivity contribution >= 4 is 17.6 Å². The number of hydrogen-bond donors (Lipinski definition) is 3. The lowest BCUT2D eigenvalue weighted by Gasteiger charge is -2.08. The van der Waals surface area contributed by atoms with E-state index >= 15 is 0 Å². The molecule has 104 valence electrons. The number of carboxylic acid groups (broad SMARTS) is 1. The van der Waals surface area contributed by atoms with E-state index in [1.807, 2.05) is 26.0 Å². The van der Waals surface area contributed by atoms with Crippen LogP contribution in [0.25, 0.3) is 0 Å². The maximum Gasteiger partial charge on any atom is 0.339 e. The molecule has 0 bridgehead atoms. The van der Waals surface area contributed by atoms with Gasteiger partial charge in [-0.15, -0.1) is 0 Å². The van der Waals surface area contributed by atoms with Gasteiger partial charge in [0.1, 0.15) is 5.56 Å². The van der Waals surface area contributed by atoms with Gasteiger partial charge in [-0.25, -0.2) is 4.79 Å². The number of carbonyl (C=O) groups excluding carboxylic acids is 1. The second kappa shape index (κ2) is 5.21. The van der Waals surface area contributed by atoms with Crippen LogP contribution in [0.15, 0.2) is 24.4 Å². The van der Waals surface area contributed by atoms with E-state index < -0.39 is 5.97 Å². The SMILES string of the molecule is Cc1ccc(C(=O)Nc2c[nH]c(C)c2C(=O)O)c(C)c1. The number of benzene rings is 1. The zero-order valence-electron chi connectivity index (χ0n) is 11.6. The number of amides is 1. The lowest BCUT2D eigenvalue weighted by molar-refractivity contribution is 0.0697. The van der Waals surface area contributed by atoms with Crippen LogP contribution in [0.1, 0.15) is 37.5 Å². The second-order valence-corrected chi connectivity index (χ2v) is 4.78. The van der Waals surface area contributed by atoms with Crippen LogP contribution in [0.3, 0.4) is 0 Å². The number of H-pyrrole nitrogens is 1. The highest BCUT2D eigenvalue weighted by Crippen LogP contribution is 2.20. The molecule has 2 aromatic rings. The Morgan fingerprint density at radius 2 is 1.90 bits per heavy atom. The first-order chi connectivity index (χ1) is 9.40. The van der Waals surface area contributed by atoms with Gasteiger partial charge in [0.05, 0.1) is 5.69 Å². The molecule has 1 amide bonds. The number of carboxylic acids is 1. The molecule has 5 nitrogen and oxygen atoms in total. The zero-order chi connectivity index (χ0) is 14.9. The van der Waals surface area contributed by atoms with Gasteiger partial charge < -0.3 is 15.4 Å². The Morgan fingerprint density at radius 3 is 2.50 bits per heavy atom. The van der Waals surface area contributed by atoms with Gasteiger partial charge in [0.25, 0.3) is 5.91 Å². The number of rotatable bonds is 3. The normalized spacial score (nSPS) is 10.3. The Labute approximate surface area is 116 Å². The molecule has 20 heavy (non-hydrogen) atoms. The standard InChI is InChI=1S/C15H16N2O3/c1-8-4-5-11(9(2)6-8)14(18)17-12-7-16-10(3)13(12)15(19)20/h4-7,16H,1-3H3,(H,17,18)(H,19,20). The molecule has 5 heteroatoms. The van der Waals surface area contributed by atoms with Crippen molar-refractivity contribution in [1.82, 2.24) is 4.98 Å². The summed E-state index contributed by atoms with van der Waals surface area (Å²) < 4.78 is 0. The molecular formula is C15H16N2O3. The molecule has 3 N–H and O–H groups in total. The predicted octanol–water partition coefficient (Wildman–Crippen LogP) is 2.89. The lowest BCUT2D eigenvalue weighted by atomic mass is 10.1. The Kier molecular flexibility index (Phi) is 3.61. The van der Waals surface area contributed by atoms with Crippen molar-refractivity contribution in [2.75, 3.05) is 5.32 Å². The zero-order valence-corrected chi connectivity index (χ0v) is 11.6. The molecule has 0 atom stereocenters. The maximum absolute atomic E-state index is 12.2. The summed E-state index contributed by atoms with van der Waals surface area (Å²) in [5, 5.41) is 11.8. The van der Waals surface area contributed by atoms with E-state index in [1.54, 1.807) is 13.0 Å². The van der Waals surface area contributed by atoms with Crippen LogP contribution in [-0.2, 0) is 0 Å². The number of aryl methyl sites for hydroxylation is 3. The average molecular weight is 272 g/mol. The highest BCUT2D eigenvalue weighted by atomic mass is 16.4. The highest BCUT2D eigenvalue weighted by molar-refractivity contribution is 6.08. The number of aromatic carboxylic acids is 1. The molecule has 1 aromatic carbocycles. The number of nitrogens with one attached hydrogen (secondary N) is 2. The van der Waals surface area contributed by atoms with Crippen LogP contribution in [0.5, 0.6) is 0 Å². The van der Waals surface area contributed by atoms with Crippen molar-refractivity contribution in [2.45, 2.75) is 20.8 Å². The summed E-state index contributed by atoms with van der Waals surface area (Å²) >= 11 is 0. The van der Waals surface area contributed by atoms with Gasteiger partial charge in [0, 0.05) is 17.5 Å². The molecule has 0 aliphatic heterocycles. The Hall–Kier alpha value is -2.56. The van der Waals surface area contributed by atoms with Crippen LogP contribution >= 0.6 is 0 Å². The molecule has 0 saturated carbocycles. The third-order valence-electron chi connectivity index (χ3n) is 3.17. The summed E-state index contributed by atoms with van der Waals surface area (Å²) in [4.78, 5) is 26.2. The first kappa shape index (κ1) is 13.9. The second-order valence-electron chi connectivity index (χ2n) is 4.78. The molecule has 0 saturated heterocycles. The average Bonchev–Trinajstić information content (AvgIpc) is 2.70. The Morgan fingerprint density at radius 1 is 1.20 bits per heavy atom. The van der Waals surface area contributed by atoms with Crippen LogP contribution in [-0.4, -0.2) is 22.0 Å². The fourth-order valence-corrected chi connectivity index (χ4v) is 2.16. The Balaban J connectivity index is 2.31. The molecule has 2 rings (SSSR count). The van der Waals surface area contributed by atoms with Crippen molar-refractivity contribution in [3.05, 3.63) is 52.3 Å². The summed E-state index contributed by atoms with van der Waals surface area (Å²) in [5.74, 6) is -1.39. The largest absolute Gasteiger partial charge is 0.478 e. The molecule has 0 aliphatic carbocycles. The van der Waals surface area contributed by atoms with Crippen LogP contribution in [0, 0.1) is 20.8 Å². The van der Waals surface area contributed by atoms with Gasteiger partial charge in [0.2, 0.25) is 0 Å². The molecule has 0 fully saturated rings. The minimum absolute atomic E-state index is 0.0862. The van der Waals surface area contributed by atoms with E-state index in [-0.39, 0.29) is 17.2 Å². The monoisotopic (exact) mass is 272 g/mol.